The fourth-order valence-electron chi connectivity index (χ4n) is 12.0. The fraction of sp³-hybridized carbons (Fsp3) is 0.639. The molecule has 1 saturated heterocycles. The van der Waals surface area contributed by atoms with Gasteiger partial charge in [0.15, 0.2) is 0 Å². The first kappa shape index (κ1) is 86.1. The van der Waals surface area contributed by atoms with E-state index >= 15 is 0 Å². The van der Waals surface area contributed by atoms with Gasteiger partial charge in [-0.15, -0.1) is 0 Å². The van der Waals surface area contributed by atoms with Crippen molar-refractivity contribution in [1.29, 1.82) is 0 Å². The molecular formula is C72H110N12O19. The summed E-state index contributed by atoms with van der Waals surface area (Å²) in [5, 5.41) is 63.5. The van der Waals surface area contributed by atoms with Gasteiger partial charge in [-0.2, -0.15) is 0 Å². The van der Waals surface area contributed by atoms with E-state index in [1.807, 2.05) is 0 Å². The van der Waals surface area contributed by atoms with Crippen molar-refractivity contribution in [3.8, 4) is 11.5 Å². The summed E-state index contributed by atoms with van der Waals surface area (Å²) in [5.74, 6) is -14.8. The van der Waals surface area contributed by atoms with Crippen LogP contribution in [0, 0.1) is 5.92 Å². The van der Waals surface area contributed by atoms with Crippen LogP contribution in [0.3, 0.4) is 0 Å². The number of hydrogen-bond donors (Lipinski definition) is 15. The van der Waals surface area contributed by atoms with E-state index < -0.39 is 187 Å². The Morgan fingerprint density at radius 3 is 1.72 bits per heavy atom. The first-order valence-electron chi connectivity index (χ1n) is 36.3. The van der Waals surface area contributed by atoms with E-state index in [1.54, 1.807) is 13.8 Å². The number of esters is 1. The minimum atomic E-state index is -1.96. The number of carbonyl (C=O) groups is 14. The summed E-state index contributed by atoms with van der Waals surface area (Å²) in [7, 11) is 0. The quantitative estimate of drug-likeness (QED) is 0.0201. The molecule has 11 amide bonds. The van der Waals surface area contributed by atoms with E-state index in [0.29, 0.717) is 18.4 Å². The second kappa shape index (κ2) is 45.7. The van der Waals surface area contributed by atoms with E-state index in [0.717, 1.165) is 43.9 Å². The van der Waals surface area contributed by atoms with Gasteiger partial charge in [-0.05, 0) is 113 Å². The third kappa shape index (κ3) is 31.1. The summed E-state index contributed by atoms with van der Waals surface area (Å²) in [4.78, 5) is 194. The zero-order valence-corrected chi connectivity index (χ0v) is 60.1. The number of phenolic OH excluding ortho intramolecular Hbond substituents is 1. The second-order valence-corrected chi connectivity index (χ2v) is 26.9. The van der Waals surface area contributed by atoms with Gasteiger partial charge in [-0.3, -0.25) is 62.3 Å². The highest BCUT2D eigenvalue weighted by molar-refractivity contribution is 5.99. The van der Waals surface area contributed by atoms with Gasteiger partial charge >= 0.3 is 17.9 Å². The van der Waals surface area contributed by atoms with Crippen LogP contribution in [0.2, 0.25) is 0 Å². The highest BCUT2D eigenvalue weighted by Crippen LogP contribution is 2.23. The number of aromatic hydroxyl groups is 1. The maximum atomic E-state index is 14.8. The van der Waals surface area contributed by atoms with Gasteiger partial charge in [0.2, 0.25) is 65.0 Å². The molecule has 2 bridgehead atoms. The molecule has 17 N–H and O–H groups in total. The largest absolute Gasteiger partial charge is 0.508 e. The number of fused-ring (bicyclic) bond motifs is 23. The number of rotatable bonds is 36. The molecule has 12 unspecified atom stereocenters. The summed E-state index contributed by atoms with van der Waals surface area (Å²) < 4.78 is 5.83. The number of aliphatic hydroxyl groups is 1. The molecule has 0 spiro atoms. The van der Waals surface area contributed by atoms with E-state index in [1.165, 1.54) is 100 Å². The number of hydrogen-bond acceptors (Lipinski definition) is 18. The molecule has 3 heterocycles. The van der Waals surface area contributed by atoms with Gasteiger partial charge in [0.1, 0.15) is 71.9 Å². The molecule has 103 heavy (non-hydrogen) atoms. The van der Waals surface area contributed by atoms with Crippen molar-refractivity contribution < 1.29 is 92.3 Å². The fourth-order valence-corrected chi connectivity index (χ4v) is 12.0. The molecule has 5 rings (SSSR count). The van der Waals surface area contributed by atoms with Crippen LogP contribution in [-0.2, 0) is 80.0 Å². The SMILES string of the molecule is CCCCCCCCCCCCCCCC(=O)NC(CCC(=O)O)C(=O)NC(CCCN)C(=O)NC1Cc2ccc(cc2)OC(=O)C(C(C)CC)NC(=O)C(Cc2ccc(O)cc2)NC(=O)C(CCC(N)=O)NC(=O)C2CCCN2C(=O)C(C)NC(=O)C(CCC(=O)O)NC(=O)C(C(C)O)NC1=O. The molecule has 31 heteroatoms. The van der Waals surface area contributed by atoms with Crippen LogP contribution >= 0.6 is 0 Å². The number of carboxylic acid groups (broad SMARTS) is 2. The number of amides is 11. The number of carbonyl (C=O) groups excluding carboxylic acids is 12. The Kier molecular flexibility index (Phi) is 38.2. The standard InChI is InChI=1S/C72H110N12O19/c1-6-8-9-10-11-12-13-14-15-16-17-18-19-24-58(88)76-51(34-37-59(89)90)65(95)77-50(22-20-39-73)64(94)80-55-42-47-27-31-49(32-28-47)103-72(102)61(43(3)7-2)82-67(97)54(41-46-25-29-48(86)30-26-46)81-66(96)52(33-36-57(74)87)78-69(99)56-23-21-40-84(56)71(101)44(4)75-63(93)53(35-38-60(91)92)79-70(100)62(45(5)85)83-68(55)98/h25-32,43-45,50-56,61-62,85-86H,6-24,33-42,73H2,1-5H3,(H2,74,87)(H,75,93)(H,76,88)(H,77,95)(H,78,99)(H,79,100)(H,80,94)(H,81,96)(H,82,97)(H,83,98)(H,89,90)(H,91,92). The van der Waals surface area contributed by atoms with Crippen LogP contribution in [0.15, 0.2) is 48.5 Å². The summed E-state index contributed by atoms with van der Waals surface area (Å²) in [6, 6.07) is -4.50. The Labute approximate surface area is 601 Å². The molecular weight excluding hydrogens is 1340 g/mol. The van der Waals surface area contributed by atoms with Crippen LogP contribution in [0.4, 0.5) is 0 Å². The summed E-state index contributed by atoms with van der Waals surface area (Å²) >= 11 is 0. The molecule has 2 aromatic carbocycles. The van der Waals surface area contributed by atoms with Crippen molar-refractivity contribution in [3.63, 3.8) is 0 Å². The van der Waals surface area contributed by atoms with Gasteiger partial charge in [-0.25, -0.2) is 4.79 Å². The van der Waals surface area contributed by atoms with Crippen molar-refractivity contribution in [2.24, 2.45) is 17.4 Å². The Morgan fingerprint density at radius 2 is 1.15 bits per heavy atom. The lowest BCUT2D eigenvalue weighted by molar-refractivity contribution is -0.143. The van der Waals surface area contributed by atoms with Crippen LogP contribution < -0.4 is 64.1 Å². The molecule has 2 aromatic rings. The van der Waals surface area contributed by atoms with Crippen molar-refractivity contribution >= 4 is 82.9 Å². The number of phenols is 1. The highest BCUT2D eigenvalue weighted by atomic mass is 16.5. The molecule has 12 atom stereocenters. The third-order valence-electron chi connectivity index (χ3n) is 18.3. The number of primary amides is 1. The molecule has 31 nitrogen and oxygen atoms in total. The normalized spacial score (nSPS) is 21.7. The zero-order valence-electron chi connectivity index (χ0n) is 60.1. The van der Waals surface area contributed by atoms with Crippen molar-refractivity contribution in [3.05, 3.63) is 59.7 Å². The molecule has 1 fully saturated rings. The third-order valence-corrected chi connectivity index (χ3v) is 18.3. The smallest absolute Gasteiger partial charge is 0.334 e. The molecule has 572 valence electrons. The van der Waals surface area contributed by atoms with Crippen LogP contribution in [0.5, 0.6) is 11.5 Å². The number of unbranched alkanes of at least 4 members (excludes halogenated alkanes) is 12. The lowest BCUT2D eigenvalue weighted by atomic mass is 9.97. The number of nitrogens with two attached hydrogens (primary N) is 2. The van der Waals surface area contributed by atoms with E-state index in [9.17, 15) is 87.5 Å². The molecule has 0 aliphatic carbocycles. The average Bonchev–Trinajstić information content (AvgIpc) is 1.79. The number of aliphatic hydroxyl groups excluding tert-OH is 1. The summed E-state index contributed by atoms with van der Waals surface area (Å²) in [6.07, 6.45) is 9.10. The predicted molar refractivity (Wildman–Crippen MR) is 377 cm³/mol. The van der Waals surface area contributed by atoms with Crippen LogP contribution in [0.25, 0.3) is 0 Å². The van der Waals surface area contributed by atoms with Gasteiger partial charge in [0.25, 0.3) is 0 Å². The lowest BCUT2D eigenvalue weighted by Crippen LogP contribution is -2.62. The Bertz CT molecular complexity index is 3150. The second-order valence-electron chi connectivity index (χ2n) is 26.9. The van der Waals surface area contributed by atoms with E-state index in [4.69, 9.17) is 16.2 Å². The van der Waals surface area contributed by atoms with E-state index in [-0.39, 0.29) is 81.5 Å². The molecule has 0 aromatic heterocycles. The Morgan fingerprint density at radius 1 is 0.602 bits per heavy atom. The van der Waals surface area contributed by atoms with Crippen molar-refractivity contribution in [2.75, 3.05) is 13.1 Å². The van der Waals surface area contributed by atoms with Gasteiger partial charge in [-0.1, -0.05) is 129 Å². The maximum Gasteiger partial charge on any atom is 0.334 e. The van der Waals surface area contributed by atoms with Crippen LogP contribution in [0.1, 0.15) is 206 Å². The van der Waals surface area contributed by atoms with Crippen molar-refractivity contribution in [1.82, 2.24) is 52.8 Å². The maximum absolute atomic E-state index is 14.8. The number of nitrogens with zero attached hydrogens (tertiary/aromatic N) is 1. The molecule has 0 saturated carbocycles. The minimum absolute atomic E-state index is 0.00766. The highest BCUT2D eigenvalue weighted by Gasteiger charge is 2.41. The Hall–Kier alpha value is -9.26. The first-order chi connectivity index (χ1) is 49.0. The van der Waals surface area contributed by atoms with Gasteiger partial charge in [0.05, 0.1) is 6.10 Å². The molecule has 3 aliphatic heterocycles. The topological polar surface area (TPSA) is 493 Å². The summed E-state index contributed by atoms with van der Waals surface area (Å²) in [5.41, 5.74) is 12.1. The number of aliphatic carboxylic acids is 2. The Balaban J connectivity index is 1.74. The van der Waals surface area contributed by atoms with Crippen LogP contribution in [-0.4, -0.2) is 188 Å². The molecule has 0 radical (unpaired) electrons. The number of carboxylic acids is 2. The van der Waals surface area contributed by atoms with Gasteiger partial charge < -0.3 is 89.4 Å². The monoisotopic (exact) mass is 1450 g/mol. The van der Waals surface area contributed by atoms with Gasteiger partial charge in [0, 0.05) is 45.1 Å². The van der Waals surface area contributed by atoms with E-state index in [2.05, 4.69) is 54.8 Å². The number of nitrogens with one attached hydrogen (secondary N) is 9. The minimum Gasteiger partial charge on any atom is -0.508 e. The van der Waals surface area contributed by atoms with Crippen molar-refractivity contribution in [2.45, 2.75) is 275 Å². The number of benzene rings is 2. The molecule has 3 aliphatic rings. The number of ether oxygens (including phenoxy) is 1. The first-order valence-corrected chi connectivity index (χ1v) is 36.3. The average molecular weight is 1450 g/mol. The summed E-state index contributed by atoms with van der Waals surface area (Å²) in [6.45, 7) is 7.92. The lowest BCUT2D eigenvalue weighted by Gasteiger charge is -2.30. The zero-order chi connectivity index (χ0) is 76.1. The predicted octanol–water partition coefficient (Wildman–Crippen LogP) is 2.11.